The molecule has 6 rings (SSSR count). The minimum absolute atomic E-state index is 0.144. The van der Waals surface area contributed by atoms with Crippen molar-refractivity contribution in [3.05, 3.63) is 64.0 Å². The molecule has 0 bridgehead atoms. The van der Waals surface area contributed by atoms with Gasteiger partial charge in [0.05, 0.1) is 50.4 Å². The highest BCUT2D eigenvalue weighted by Crippen LogP contribution is 2.45. The van der Waals surface area contributed by atoms with Gasteiger partial charge in [-0.1, -0.05) is 29.3 Å². The SMILES string of the molecule is O=Cc1c(C2CC2)nc2ccc(-c3cc(Cl)c(O)c(Cl)c3)cc2c1Nc1cnn(C2CCNCC2)c1. The van der Waals surface area contributed by atoms with Crippen molar-refractivity contribution in [3.63, 3.8) is 0 Å². The molecule has 184 valence electrons. The second kappa shape index (κ2) is 9.39. The van der Waals surface area contributed by atoms with E-state index in [1.54, 1.807) is 12.1 Å². The zero-order valence-corrected chi connectivity index (χ0v) is 21.0. The van der Waals surface area contributed by atoms with E-state index in [2.05, 4.69) is 15.7 Å². The number of pyridine rings is 1. The summed E-state index contributed by atoms with van der Waals surface area (Å²) in [6, 6.07) is 9.58. The Morgan fingerprint density at radius 2 is 1.81 bits per heavy atom. The lowest BCUT2D eigenvalue weighted by Crippen LogP contribution is -2.29. The second-order valence-corrected chi connectivity index (χ2v) is 10.3. The fourth-order valence-corrected chi connectivity index (χ4v) is 5.44. The molecule has 0 amide bonds. The van der Waals surface area contributed by atoms with E-state index in [1.807, 2.05) is 35.3 Å². The molecular weight excluding hydrogens is 497 g/mol. The maximum absolute atomic E-state index is 12.4. The van der Waals surface area contributed by atoms with Crippen molar-refractivity contribution in [1.82, 2.24) is 20.1 Å². The molecule has 2 fully saturated rings. The summed E-state index contributed by atoms with van der Waals surface area (Å²) in [4.78, 5) is 17.3. The number of aromatic hydroxyl groups is 1. The molecule has 36 heavy (non-hydrogen) atoms. The quantitative estimate of drug-likeness (QED) is 0.252. The van der Waals surface area contributed by atoms with Crippen LogP contribution in [0.5, 0.6) is 5.75 Å². The van der Waals surface area contributed by atoms with Gasteiger partial charge in [0.15, 0.2) is 12.0 Å². The second-order valence-electron chi connectivity index (χ2n) is 9.51. The molecule has 7 nitrogen and oxygen atoms in total. The molecule has 0 atom stereocenters. The van der Waals surface area contributed by atoms with Crippen LogP contribution >= 0.6 is 23.2 Å². The van der Waals surface area contributed by atoms with Gasteiger partial charge >= 0.3 is 0 Å². The topological polar surface area (TPSA) is 92.1 Å². The minimum Gasteiger partial charge on any atom is -0.505 e. The van der Waals surface area contributed by atoms with E-state index in [-0.39, 0.29) is 15.8 Å². The first-order valence-electron chi connectivity index (χ1n) is 12.1. The lowest BCUT2D eigenvalue weighted by atomic mass is 9.99. The third kappa shape index (κ3) is 4.32. The number of phenolic OH excluding ortho intramolecular Hbond substituents is 1. The van der Waals surface area contributed by atoms with E-state index in [0.717, 1.165) is 84.2 Å². The first-order valence-corrected chi connectivity index (χ1v) is 12.9. The number of nitrogens with zero attached hydrogens (tertiary/aromatic N) is 3. The minimum atomic E-state index is -0.144. The average molecular weight is 522 g/mol. The fourth-order valence-electron chi connectivity index (χ4n) is 4.95. The Morgan fingerprint density at radius 3 is 2.50 bits per heavy atom. The molecule has 2 aliphatic rings. The molecule has 1 aliphatic carbocycles. The zero-order chi connectivity index (χ0) is 24.8. The number of fused-ring (bicyclic) bond motifs is 1. The number of anilines is 2. The van der Waals surface area contributed by atoms with Crippen molar-refractivity contribution in [2.24, 2.45) is 0 Å². The number of phenols is 1. The molecule has 1 saturated carbocycles. The largest absolute Gasteiger partial charge is 0.505 e. The molecule has 4 aromatic rings. The van der Waals surface area contributed by atoms with E-state index in [1.165, 1.54) is 0 Å². The number of hydrogen-bond donors (Lipinski definition) is 3. The van der Waals surface area contributed by atoms with E-state index < -0.39 is 0 Å². The van der Waals surface area contributed by atoms with E-state index in [9.17, 15) is 9.90 Å². The Labute approximate surface area is 218 Å². The number of carbonyl (C=O) groups is 1. The summed E-state index contributed by atoms with van der Waals surface area (Å²) < 4.78 is 2.01. The van der Waals surface area contributed by atoms with Crippen molar-refractivity contribution in [2.75, 3.05) is 18.4 Å². The summed E-state index contributed by atoms with van der Waals surface area (Å²) in [6.45, 7) is 1.97. The maximum atomic E-state index is 12.4. The number of aromatic nitrogens is 3. The number of carbonyl (C=O) groups excluding carboxylic acids is 1. The Bertz CT molecular complexity index is 1450. The predicted octanol–water partition coefficient (Wildman–Crippen LogP) is 6.47. The standard InChI is InChI=1S/C27H25Cl2N5O2/c28-22-10-17(11-23(29)27(22)36)16-3-4-24-20(9-16)26(21(14-35)25(33-24)15-1-2-15)32-18-12-31-34(13-18)19-5-7-30-8-6-19/h3-4,9-15,19,30,36H,1-2,5-8H2,(H,32,33). The van der Waals surface area contributed by atoms with Gasteiger partial charge in [0.2, 0.25) is 0 Å². The molecule has 3 heterocycles. The van der Waals surface area contributed by atoms with Crippen LogP contribution in [-0.4, -0.2) is 39.2 Å². The van der Waals surface area contributed by atoms with Gasteiger partial charge in [-0.3, -0.25) is 14.5 Å². The van der Waals surface area contributed by atoms with E-state index in [0.29, 0.717) is 17.5 Å². The highest BCUT2D eigenvalue weighted by atomic mass is 35.5. The maximum Gasteiger partial charge on any atom is 0.154 e. The van der Waals surface area contributed by atoms with Gasteiger partial charge in [-0.05, 0) is 74.2 Å². The number of aldehydes is 1. The van der Waals surface area contributed by atoms with E-state index >= 15 is 0 Å². The number of rotatable bonds is 6. The number of nitrogens with one attached hydrogen (secondary N) is 2. The molecule has 0 radical (unpaired) electrons. The van der Waals surface area contributed by atoms with Crippen molar-refractivity contribution >= 4 is 51.8 Å². The van der Waals surface area contributed by atoms with Crippen LogP contribution in [0.4, 0.5) is 11.4 Å². The first-order chi connectivity index (χ1) is 17.5. The Kier molecular flexibility index (Phi) is 6.07. The summed E-state index contributed by atoms with van der Waals surface area (Å²) in [6.07, 6.45) is 8.86. The van der Waals surface area contributed by atoms with Gasteiger partial charge in [0.25, 0.3) is 0 Å². The van der Waals surface area contributed by atoms with Gasteiger partial charge in [0, 0.05) is 17.5 Å². The molecule has 1 aliphatic heterocycles. The molecule has 9 heteroatoms. The van der Waals surface area contributed by atoms with Crippen LogP contribution in [0.3, 0.4) is 0 Å². The van der Waals surface area contributed by atoms with Crippen LogP contribution in [0.1, 0.15) is 53.7 Å². The Morgan fingerprint density at radius 1 is 1.06 bits per heavy atom. The normalized spacial score (nSPS) is 16.4. The Hall–Kier alpha value is -3.13. The van der Waals surface area contributed by atoms with Crippen molar-refractivity contribution in [3.8, 4) is 16.9 Å². The number of piperidine rings is 1. The zero-order valence-electron chi connectivity index (χ0n) is 19.5. The average Bonchev–Trinajstić information content (AvgIpc) is 3.64. The number of halogens is 2. The lowest BCUT2D eigenvalue weighted by Gasteiger charge is -2.22. The molecule has 3 N–H and O–H groups in total. The van der Waals surface area contributed by atoms with Crippen molar-refractivity contribution in [2.45, 2.75) is 37.6 Å². The number of hydrogen-bond acceptors (Lipinski definition) is 6. The fraction of sp³-hybridized carbons (Fsp3) is 0.296. The van der Waals surface area contributed by atoms with Crippen LogP contribution in [-0.2, 0) is 0 Å². The van der Waals surface area contributed by atoms with Crippen molar-refractivity contribution < 1.29 is 9.90 Å². The summed E-state index contributed by atoms with van der Waals surface area (Å²) in [5.41, 5.74) is 5.38. The molecule has 1 saturated heterocycles. The van der Waals surface area contributed by atoms with Gasteiger partial charge in [0.1, 0.15) is 0 Å². The third-order valence-corrected chi connectivity index (χ3v) is 7.61. The van der Waals surface area contributed by atoms with Gasteiger partial charge in [-0.2, -0.15) is 5.10 Å². The lowest BCUT2D eigenvalue weighted by molar-refractivity contribution is 0.112. The Balaban J connectivity index is 1.46. The van der Waals surface area contributed by atoms with Crippen molar-refractivity contribution in [1.29, 1.82) is 0 Å². The molecule has 2 aromatic carbocycles. The smallest absolute Gasteiger partial charge is 0.154 e. The summed E-state index contributed by atoms with van der Waals surface area (Å²) in [7, 11) is 0. The van der Waals surface area contributed by atoms with Crippen LogP contribution in [0, 0.1) is 0 Å². The van der Waals surface area contributed by atoms with Crippen LogP contribution in [0.15, 0.2) is 42.7 Å². The molecule has 2 aromatic heterocycles. The van der Waals surface area contributed by atoms with Gasteiger partial charge < -0.3 is 15.7 Å². The summed E-state index contributed by atoms with van der Waals surface area (Å²) >= 11 is 12.4. The summed E-state index contributed by atoms with van der Waals surface area (Å²) in [5, 5.41) is 22.6. The van der Waals surface area contributed by atoms with Gasteiger partial charge in [-0.25, -0.2) is 0 Å². The third-order valence-electron chi connectivity index (χ3n) is 7.04. The molecule has 0 unspecified atom stereocenters. The monoisotopic (exact) mass is 521 g/mol. The van der Waals surface area contributed by atoms with Crippen LogP contribution in [0.2, 0.25) is 10.0 Å². The van der Waals surface area contributed by atoms with E-state index in [4.69, 9.17) is 28.2 Å². The first kappa shape index (κ1) is 23.3. The molecule has 0 spiro atoms. The van der Waals surface area contributed by atoms with Gasteiger partial charge in [-0.15, -0.1) is 0 Å². The summed E-state index contributed by atoms with van der Waals surface area (Å²) in [5.74, 6) is 0.164. The highest BCUT2D eigenvalue weighted by molar-refractivity contribution is 6.37. The van der Waals surface area contributed by atoms with Crippen LogP contribution in [0.25, 0.3) is 22.0 Å². The predicted molar refractivity (Wildman–Crippen MR) is 143 cm³/mol. The molecular formula is C27H25Cl2N5O2. The highest BCUT2D eigenvalue weighted by Gasteiger charge is 2.30. The number of benzene rings is 2. The van der Waals surface area contributed by atoms with Crippen LogP contribution < -0.4 is 10.6 Å².